The van der Waals surface area contributed by atoms with Crippen LogP contribution in [0.25, 0.3) is 0 Å². The van der Waals surface area contributed by atoms with E-state index in [1.807, 2.05) is 7.05 Å². The summed E-state index contributed by atoms with van der Waals surface area (Å²) in [5, 5.41) is 3.86. The molecule has 120 valence electrons. The third kappa shape index (κ3) is 3.32. The average Bonchev–Trinajstić information content (AvgIpc) is 3.06. The van der Waals surface area contributed by atoms with Crippen molar-refractivity contribution in [1.29, 1.82) is 0 Å². The second-order valence-electron chi connectivity index (χ2n) is 5.78. The van der Waals surface area contributed by atoms with Crippen LogP contribution in [0.2, 0.25) is 0 Å². The molecule has 2 aromatic rings. The van der Waals surface area contributed by atoms with Crippen LogP contribution >= 0.6 is 0 Å². The van der Waals surface area contributed by atoms with E-state index in [2.05, 4.69) is 15.0 Å². The van der Waals surface area contributed by atoms with Gasteiger partial charge in [0.1, 0.15) is 12.1 Å². The predicted octanol–water partition coefficient (Wildman–Crippen LogP) is 2.58. The Balaban J connectivity index is 1.60. The smallest absolute Gasteiger partial charge is 0.364 e. The zero-order valence-electron chi connectivity index (χ0n) is 12.2. The van der Waals surface area contributed by atoms with Gasteiger partial charge in [0.25, 0.3) is 0 Å². The van der Waals surface area contributed by atoms with Crippen molar-refractivity contribution in [2.45, 2.75) is 32.1 Å². The molecule has 22 heavy (non-hydrogen) atoms. The van der Waals surface area contributed by atoms with Crippen molar-refractivity contribution in [3.05, 3.63) is 35.7 Å². The maximum Gasteiger partial charge on any atom is 0.434 e. The van der Waals surface area contributed by atoms with E-state index in [0.717, 1.165) is 24.9 Å². The number of imidazole rings is 1. The molecule has 0 amide bonds. The van der Waals surface area contributed by atoms with Crippen LogP contribution in [-0.2, 0) is 25.7 Å². The van der Waals surface area contributed by atoms with Gasteiger partial charge in [-0.3, -0.25) is 0 Å². The van der Waals surface area contributed by atoms with Gasteiger partial charge in [0.15, 0.2) is 5.69 Å². The van der Waals surface area contributed by atoms with E-state index < -0.39 is 11.9 Å². The molecule has 0 aromatic carbocycles. The standard InChI is InChI=1S/C14H17F3N4O/c1-20(8-11-4-5-22-19-11)6-10-2-3-13-18-12(14(15,16)17)9-21(13)7-10/h4-5,9-10H,2-3,6-8H2,1H3/t10-/m0/s1. The van der Waals surface area contributed by atoms with E-state index in [0.29, 0.717) is 31.3 Å². The maximum atomic E-state index is 12.7. The van der Waals surface area contributed by atoms with Gasteiger partial charge in [0.05, 0.1) is 5.69 Å². The molecule has 0 saturated carbocycles. The highest BCUT2D eigenvalue weighted by atomic mass is 19.4. The molecule has 1 aliphatic rings. The van der Waals surface area contributed by atoms with Gasteiger partial charge in [0.2, 0.25) is 0 Å². The summed E-state index contributed by atoms with van der Waals surface area (Å²) in [4.78, 5) is 5.80. The van der Waals surface area contributed by atoms with Crippen molar-refractivity contribution in [3.8, 4) is 0 Å². The van der Waals surface area contributed by atoms with Crippen LogP contribution < -0.4 is 0 Å². The zero-order valence-corrected chi connectivity index (χ0v) is 12.2. The van der Waals surface area contributed by atoms with Gasteiger partial charge in [-0.15, -0.1) is 0 Å². The number of halogens is 3. The molecule has 0 N–H and O–H groups in total. The van der Waals surface area contributed by atoms with Crippen molar-refractivity contribution in [2.24, 2.45) is 5.92 Å². The zero-order chi connectivity index (χ0) is 15.7. The average molecular weight is 314 g/mol. The lowest BCUT2D eigenvalue weighted by Crippen LogP contribution is -2.31. The number of aryl methyl sites for hydroxylation is 1. The first kappa shape index (κ1) is 15.1. The van der Waals surface area contributed by atoms with E-state index in [4.69, 9.17) is 4.52 Å². The first-order valence-corrected chi connectivity index (χ1v) is 7.13. The molecule has 3 heterocycles. The molecule has 0 saturated heterocycles. The van der Waals surface area contributed by atoms with Crippen molar-refractivity contribution in [3.63, 3.8) is 0 Å². The number of rotatable bonds is 4. The van der Waals surface area contributed by atoms with Crippen LogP contribution in [0, 0.1) is 5.92 Å². The lowest BCUT2D eigenvalue weighted by Gasteiger charge is -2.27. The molecule has 0 aliphatic carbocycles. The molecule has 0 spiro atoms. The lowest BCUT2D eigenvalue weighted by atomic mass is 9.99. The summed E-state index contributed by atoms with van der Waals surface area (Å²) in [5.41, 5.74) is 0.0556. The minimum Gasteiger partial charge on any atom is -0.364 e. The van der Waals surface area contributed by atoms with Crippen LogP contribution in [0.3, 0.4) is 0 Å². The molecule has 1 aliphatic heterocycles. The quantitative estimate of drug-likeness (QED) is 0.870. The molecule has 1 atom stereocenters. The lowest BCUT2D eigenvalue weighted by molar-refractivity contribution is -0.141. The number of aromatic nitrogens is 3. The summed E-state index contributed by atoms with van der Waals surface area (Å²) in [6.45, 7) is 2.03. The maximum absolute atomic E-state index is 12.7. The Labute approximate surface area is 125 Å². The Morgan fingerprint density at radius 3 is 2.95 bits per heavy atom. The molecule has 3 rings (SSSR count). The van der Waals surface area contributed by atoms with Crippen molar-refractivity contribution in [2.75, 3.05) is 13.6 Å². The highest BCUT2D eigenvalue weighted by Crippen LogP contribution is 2.30. The summed E-state index contributed by atoms with van der Waals surface area (Å²) in [7, 11) is 1.97. The number of hydrogen-bond donors (Lipinski definition) is 0. The molecule has 2 aromatic heterocycles. The third-order valence-electron chi connectivity index (χ3n) is 3.87. The predicted molar refractivity (Wildman–Crippen MR) is 71.9 cm³/mol. The van der Waals surface area contributed by atoms with Gasteiger partial charge in [-0.2, -0.15) is 13.2 Å². The fourth-order valence-corrected chi connectivity index (χ4v) is 2.90. The second-order valence-corrected chi connectivity index (χ2v) is 5.78. The van der Waals surface area contributed by atoms with Crippen LogP contribution in [-0.4, -0.2) is 33.2 Å². The minimum atomic E-state index is -4.37. The SMILES string of the molecule is CN(Cc1ccon1)C[C@@H]1CCc2nc(C(F)(F)F)cn2C1. The van der Waals surface area contributed by atoms with Crippen molar-refractivity contribution >= 4 is 0 Å². The van der Waals surface area contributed by atoms with E-state index in [9.17, 15) is 13.2 Å². The van der Waals surface area contributed by atoms with Crippen LogP contribution in [0.5, 0.6) is 0 Å². The first-order valence-electron chi connectivity index (χ1n) is 7.13. The van der Waals surface area contributed by atoms with Crippen molar-refractivity contribution < 1.29 is 17.7 Å². The molecule has 0 unspecified atom stereocenters. The van der Waals surface area contributed by atoms with Crippen LogP contribution in [0.4, 0.5) is 13.2 Å². The molecular weight excluding hydrogens is 297 g/mol. The van der Waals surface area contributed by atoms with Gasteiger partial charge < -0.3 is 14.0 Å². The van der Waals surface area contributed by atoms with Gasteiger partial charge in [-0.1, -0.05) is 5.16 Å². The summed E-state index contributed by atoms with van der Waals surface area (Å²) >= 11 is 0. The molecule has 0 bridgehead atoms. The molecule has 0 radical (unpaired) electrons. The number of fused-ring (bicyclic) bond motifs is 1. The van der Waals surface area contributed by atoms with Gasteiger partial charge in [-0.25, -0.2) is 4.98 Å². The van der Waals surface area contributed by atoms with E-state index in [1.54, 1.807) is 10.6 Å². The fourth-order valence-electron chi connectivity index (χ4n) is 2.90. The van der Waals surface area contributed by atoms with E-state index in [-0.39, 0.29) is 0 Å². The Morgan fingerprint density at radius 1 is 1.45 bits per heavy atom. The molecule has 0 fully saturated rings. The van der Waals surface area contributed by atoms with Gasteiger partial charge >= 0.3 is 6.18 Å². The topological polar surface area (TPSA) is 47.1 Å². The number of nitrogens with zero attached hydrogens (tertiary/aromatic N) is 4. The Kier molecular flexibility index (Phi) is 3.94. The number of alkyl halides is 3. The third-order valence-corrected chi connectivity index (χ3v) is 3.87. The normalized spacial score (nSPS) is 18.7. The first-order chi connectivity index (χ1) is 10.4. The summed E-state index contributed by atoms with van der Waals surface area (Å²) < 4.78 is 44.5. The molecule has 5 nitrogen and oxygen atoms in total. The fraction of sp³-hybridized carbons (Fsp3) is 0.571. The second kappa shape index (κ2) is 5.75. The molecule has 8 heteroatoms. The molecular formula is C14H17F3N4O. The largest absolute Gasteiger partial charge is 0.434 e. The summed E-state index contributed by atoms with van der Waals surface area (Å²) in [5.74, 6) is 0.836. The van der Waals surface area contributed by atoms with Crippen LogP contribution in [0.1, 0.15) is 23.6 Å². The van der Waals surface area contributed by atoms with Gasteiger partial charge in [-0.05, 0) is 19.4 Å². The Hall–Kier alpha value is -1.83. The summed E-state index contributed by atoms with van der Waals surface area (Å²) in [6.07, 6.45) is -0.293. The van der Waals surface area contributed by atoms with Crippen molar-refractivity contribution in [1.82, 2.24) is 19.6 Å². The highest BCUT2D eigenvalue weighted by molar-refractivity contribution is 5.10. The van der Waals surface area contributed by atoms with Crippen LogP contribution in [0.15, 0.2) is 23.0 Å². The van der Waals surface area contributed by atoms with E-state index >= 15 is 0 Å². The minimum absolute atomic E-state index is 0.305. The monoisotopic (exact) mass is 314 g/mol. The van der Waals surface area contributed by atoms with E-state index in [1.165, 1.54) is 6.26 Å². The Bertz CT molecular complexity index is 621. The Morgan fingerprint density at radius 2 is 2.27 bits per heavy atom. The number of hydrogen-bond acceptors (Lipinski definition) is 4. The highest BCUT2D eigenvalue weighted by Gasteiger charge is 2.35. The summed E-state index contributed by atoms with van der Waals surface area (Å²) in [6, 6.07) is 1.81. The van der Waals surface area contributed by atoms with Gasteiger partial charge in [0, 0.05) is 38.3 Å².